The van der Waals surface area contributed by atoms with E-state index in [4.69, 9.17) is 4.98 Å². The molecule has 0 saturated carbocycles. The topological polar surface area (TPSA) is 12.9 Å². The number of fused-ring (bicyclic) bond motifs is 5. The largest absolute Gasteiger partial charge is 0.248 e. The summed E-state index contributed by atoms with van der Waals surface area (Å²) < 4.78 is 0. The lowest BCUT2D eigenvalue weighted by atomic mass is 9.66. The van der Waals surface area contributed by atoms with Crippen LogP contribution in [-0.2, 0) is 5.41 Å². The van der Waals surface area contributed by atoms with Crippen LogP contribution in [0.3, 0.4) is 0 Å². The normalized spacial score (nSPS) is 12.5. The first-order valence-electron chi connectivity index (χ1n) is 20.4. The van der Waals surface area contributed by atoms with Crippen molar-refractivity contribution in [2.24, 2.45) is 0 Å². The molecule has 0 N–H and O–H groups in total. The molecule has 1 aromatic heterocycles. The van der Waals surface area contributed by atoms with Gasteiger partial charge in [0, 0.05) is 11.1 Å². The van der Waals surface area contributed by atoms with E-state index in [2.05, 4.69) is 237 Å². The third kappa shape index (κ3) is 5.82. The Labute approximate surface area is 345 Å². The number of rotatable bonds is 7. The van der Waals surface area contributed by atoms with Gasteiger partial charge in [-0.3, -0.25) is 0 Å². The van der Waals surface area contributed by atoms with Crippen LogP contribution in [0.25, 0.3) is 77.8 Å². The molecule has 0 fully saturated rings. The smallest absolute Gasteiger partial charge is 0.0719 e. The highest BCUT2D eigenvalue weighted by Gasteiger charge is 2.48. The zero-order chi connectivity index (χ0) is 39.2. The van der Waals surface area contributed by atoms with E-state index in [-0.39, 0.29) is 0 Å². The van der Waals surface area contributed by atoms with E-state index in [1.54, 1.807) is 0 Å². The Morgan fingerprint density at radius 1 is 0.305 bits per heavy atom. The summed E-state index contributed by atoms with van der Waals surface area (Å²) in [5.74, 6) is 0. The van der Waals surface area contributed by atoms with Crippen molar-refractivity contribution in [2.45, 2.75) is 5.41 Å². The van der Waals surface area contributed by atoms with Crippen molar-refractivity contribution >= 4 is 10.8 Å². The summed E-state index contributed by atoms with van der Waals surface area (Å²) in [7, 11) is 0. The molecule has 0 radical (unpaired) electrons. The molecule has 276 valence electrons. The fraction of sp³-hybridized carbons (Fsp3) is 0.0172. The second kappa shape index (κ2) is 14.4. The van der Waals surface area contributed by atoms with E-state index < -0.39 is 5.41 Å². The summed E-state index contributed by atoms with van der Waals surface area (Å²) in [5, 5.41) is 2.47. The Hall–Kier alpha value is -7.61. The molecular formula is C58H39N. The lowest BCUT2D eigenvalue weighted by molar-refractivity contribution is 0.775. The molecule has 1 aliphatic rings. The van der Waals surface area contributed by atoms with E-state index in [1.165, 1.54) is 72.0 Å². The monoisotopic (exact) mass is 749 g/mol. The maximum Gasteiger partial charge on any atom is 0.0719 e. The molecule has 0 unspecified atom stereocenters. The van der Waals surface area contributed by atoms with Crippen molar-refractivity contribution in [3.63, 3.8) is 0 Å². The second-order valence-electron chi connectivity index (χ2n) is 15.4. The van der Waals surface area contributed by atoms with Gasteiger partial charge in [0.2, 0.25) is 0 Å². The van der Waals surface area contributed by atoms with Gasteiger partial charge in [-0.1, -0.05) is 206 Å². The summed E-state index contributed by atoms with van der Waals surface area (Å²) in [6.07, 6.45) is 0. The van der Waals surface area contributed by atoms with E-state index in [1.807, 2.05) is 0 Å². The van der Waals surface area contributed by atoms with Gasteiger partial charge >= 0.3 is 0 Å². The van der Waals surface area contributed by atoms with Crippen molar-refractivity contribution in [1.82, 2.24) is 4.98 Å². The van der Waals surface area contributed by atoms with Gasteiger partial charge in [0.15, 0.2) is 0 Å². The minimum Gasteiger partial charge on any atom is -0.248 e. The van der Waals surface area contributed by atoms with Gasteiger partial charge in [-0.05, 0) is 108 Å². The molecule has 0 spiro atoms. The molecule has 1 nitrogen and oxygen atoms in total. The van der Waals surface area contributed by atoms with Gasteiger partial charge in [0.1, 0.15) is 0 Å². The Balaban J connectivity index is 1.23. The van der Waals surface area contributed by atoms with Crippen molar-refractivity contribution < 1.29 is 0 Å². The molecule has 11 rings (SSSR count). The Morgan fingerprint density at radius 3 is 1.34 bits per heavy atom. The van der Waals surface area contributed by atoms with Crippen molar-refractivity contribution in [3.05, 3.63) is 259 Å². The minimum absolute atomic E-state index is 0.545. The lowest BCUT2D eigenvalue weighted by Gasteiger charge is -2.35. The van der Waals surface area contributed by atoms with Crippen molar-refractivity contribution in [1.29, 1.82) is 0 Å². The number of hydrogen-bond donors (Lipinski definition) is 0. The van der Waals surface area contributed by atoms with Gasteiger partial charge in [0.25, 0.3) is 0 Å². The number of pyridine rings is 1. The lowest BCUT2D eigenvalue weighted by Crippen LogP contribution is -2.28. The SMILES string of the molecule is c1ccc(-c2cccc(-c3cc(-c4cc5ccccc5c5c4-c4ccccc4C5(c4ccccc4)c4ccccc4)cc(-c4cccc(-c5ccccc5)c4)n3)c2)cc1. The van der Waals surface area contributed by atoms with Crippen LogP contribution in [0.2, 0.25) is 0 Å². The van der Waals surface area contributed by atoms with Crippen LogP contribution >= 0.6 is 0 Å². The standard InChI is InChI=1S/C58H39N/c1-5-19-40(20-6-1)42-24-17-26-45(35-42)54-38-47(39-55(59-54)46-27-18-25-43(36-46)41-21-7-2-8-22-41)52-37-44-23-13-14-32-50(44)57-56(52)51-33-15-16-34-53(51)58(57,48-28-9-3-10-29-48)49-30-11-4-12-31-49/h1-39H. The zero-order valence-electron chi connectivity index (χ0n) is 32.5. The van der Waals surface area contributed by atoms with Crippen LogP contribution in [0.1, 0.15) is 22.3 Å². The molecule has 0 atom stereocenters. The first-order valence-corrected chi connectivity index (χ1v) is 20.4. The van der Waals surface area contributed by atoms with Crippen LogP contribution in [0.4, 0.5) is 0 Å². The first-order chi connectivity index (χ1) is 29.3. The fourth-order valence-corrected chi connectivity index (χ4v) is 9.51. The zero-order valence-corrected chi connectivity index (χ0v) is 32.5. The molecule has 0 saturated heterocycles. The molecule has 10 aromatic rings. The maximum atomic E-state index is 5.49. The van der Waals surface area contributed by atoms with E-state index in [0.717, 1.165) is 28.1 Å². The minimum atomic E-state index is -0.545. The quantitative estimate of drug-likeness (QED) is 0.158. The Kier molecular flexibility index (Phi) is 8.45. The molecular weight excluding hydrogens is 711 g/mol. The van der Waals surface area contributed by atoms with E-state index in [0.29, 0.717) is 0 Å². The Bertz CT molecular complexity index is 2990. The number of benzene rings is 9. The number of hydrogen-bond acceptors (Lipinski definition) is 1. The third-order valence-corrected chi connectivity index (χ3v) is 12.1. The molecule has 0 bridgehead atoms. The van der Waals surface area contributed by atoms with Gasteiger partial charge < -0.3 is 0 Å². The summed E-state index contributed by atoms with van der Waals surface area (Å²) in [5.41, 5.74) is 18.2. The first kappa shape index (κ1) is 34.6. The highest BCUT2D eigenvalue weighted by Crippen LogP contribution is 2.60. The van der Waals surface area contributed by atoms with Crippen LogP contribution in [0, 0.1) is 0 Å². The number of aromatic nitrogens is 1. The molecule has 0 aliphatic heterocycles. The predicted molar refractivity (Wildman–Crippen MR) is 246 cm³/mol. The van der Waals surface area contributed by atoms with E-state index >= 15 is 0 Å². The molecule has 0 amide bonds. The average molecular weight is 750 g/mol. The van der Waals surface area contributed by atoms with Gasteiger partial charge in [-0.25, -0.2) is 4.98 Å². The van der Waals surface area contributed by atoms with Gasteiger partial charge in [0.05, 0.1) is 16.8 Å². The highest BCUT2D eigenvalue weighted by atomic mass is 14.7. The summed E-state index contributed by atoms with van der Waals surface area (Å²) in [6.45, 7) is 0. The van der Waals surface area contributed by atoms with Crippen LogP contribution in [-0.4, -0.2) is 4.98 Å². The fourth-order valence-electron chi connectivity index (χ4n) is 9.51. The van der Waals surface area contributed by atoms with E-state index in [9.17, 15) is 0 Å². The van der Waals surface area contributed by atoms with Gasteiger partial charge in [-0.2, -0.15) is 0 Å². The van der Waals surface area contributed by atoms with Gasteiger partial charge in [-0.15, -0.1) is 0 Å². The molecule has 1 heterocycles. The second-order valence-corrected chi connectivity index (χ2v) is 15.4. The van der Waals surface area contributed by atoms with Crippen LogP contribution < -0.4 is 0 Å². The van der Waals surface area contributed by atoms with Crippen molar-refractivity contribution in [2.75, 3.05) is 0 Å². The maximum absolute atomic E-state index is 5.49. The van der Waals surface area contributed by atoms with Crippen molar-refractivity contribution in [3.8, 4) is 67.0 Å². The highest BCUT2D eigenvalue weighted by molar-refractivity contribution is 6.07. The predicted octanol–water partition coefficient (Wildman–Crippen LogP) is 14.9. The molecule has 59 heavy (non-hydrogen) atoms. The summed E-state index contributed by atoms with van der Waals surface area (Å²) in [4.78, 5) is 5.49. The third-order valence-electron chi connectivity index (χ3n) is 12.1. The molecule has 1 aliphatic carbocycles. The molecule has 1 heteroatoms. The number of nitrogens with zero attached hydrogens (tertiary/aromatic N) is 1. The van der Waals surface area contributed by atoms with Crippen LogP contribution in [0.15, 0.2) is 237 Å². The Morgan fingerprint density at radius 2 is 0.763 bits per heavy atom. The van der Waals surface area contributed by atoms with Crippen LogP contribution in [0.5, 0.6) is 0 Å². The summed E-state index contributed by atoms with van der Waals surface area (Å²) >= 11 is 0. The molecule has 9 aromatic carbocycles. The summed E-state index contributed by atoms with van der Waals surface area (Å²) in [6, 6.07) is 86.1. The average Bonchev–Trinajstić information content (AvgIpc) is 3.64.